The van der Waals surface area contributed by atoms with E-state index in [0.717, 1.165) is 0 Å². The number of nitrogens with one attached hydrogen (secondary N) is 1. The lowest BCUT2D eigenvalue weighted by molar-refractivity contribution is -0.140. The fraction of sp³-hybridized carbons (Fsp3) is 0.500. The van der Waals surface area contributed by atoms with Gasteiger partial charge >= 0.3 is 5.97 Å². The number of H-pyrrole nitrogens is 1. The van der Waals surface area contributed by atoms with Crippen molar-refractivity contribution >= 4 is 17.7 Å². The van der Waals surface area contributed by atoms with Crippen molar-refractivity contribution in [2.75, 3.05) is 5.75 Å². The molecule has 1 aromatic rings. The molecule has 1 aromatic heterocycles. The van der Waals surface area contributed by atoms with E-state index in [2.05, 4.69) is 15.2 Å². The van der Waals surface area contributed by atoms with Crippen molar-refractivity contribution in [3.05, 3.63) is 6.33 Å². The van der Waals surface area contributed by atoms with Gasteiger partial charge in [-0.2, -0.15) is 5.10 Å². The van der Waals surface area contributed by atoms with Gasteiger partial charge in [0.15, 0.2) is 5.16 Å². The van der Waals surface area contributed by atoms with Crippen LogP contribution in [0.5, 0.6) is 0 Å². The molecule has 1 heterocycles. The molecule has 0 aliphatic carbocycles. The fourth-order valence-electron chi connectivity index (χ4n) is 0.539. The minimum atomic E-state index is -0.790. The number of hydrogen-bond donors (Lipinski definition) is 2. The van der Waals surface area contributed by atoms with E-state index in [-0.39, 0.29) is 5.92 Å². The number of hydrogen-bond acceptors (Lipinski definition) is 4. The van der Waals surface area contributed by atoms with Gasteiger partial charge in [-0.1, -0.05) is 18.7 Å². The summed E-state index contributed by atoms with van der Waals surface area (Å²) < 4.78 is 0. The standard InChI is InChI=1S/C6H9N3O2S/c1-4(5(10)11)2-12-6-7-3-8-9-6/h3-4H,2H2,1H3,(H,10,11)(H,7,8,9). The van der Waals surface area contributed by atoms with Crippen molar-refractivity contribution in [3.8, 4) is 0 Å². The van der Waals surface area contributed by atoms with Gasteiger partial charge in [-0.05, 0) is 0 Å². The highest BCUT2D eigenvalue weighted by Crippen LogP contribution is 2.14. The van der Waals surface area contributed by atoms with Crippen LogP contribution < -0.4 is 0 Å². The number of thioether (sulfide) groups is 1. The van der Waals surface area contributed by atoms with Gasteiger partial charge in [-0.25, -0.2) is 4.98 Å². The average Bonchev–Trinajstić information content (AvgIpc) is 2.51. The third kappa shape index (κ3) is 2.54. The van der Waals surface area contributed by atoms with E-state index in [9.17, 15) is 4.79 Å². The monoisotopic (exact) mass is 187 g/mol. The molecule has 0 aliphatic heterocycles. The van der Waals surface area contributed by atoms with Gasteiger partial charge < -0.3 is 5.11 Å². The minimum absolute atomic E-state index is 0.361. The number of carbonyl (C=O) groups is 1. The normalized spacial score (nSPS) is 12.8. The van der Waals surface area contributed by atoms with E-state index < -0.39 is 5.97 Å². The lowest BCUT2D eigenvalue weighted by atomic mass is 10.2. The molecule has 0 fully saturated rings. The van der Waals surface area contributed by atoms with Crippen LogP contribution in [-0.4, -0.2) is 32.0 Å². The molecule has 1 unspecified atom stereocenters. The Morgan fingerprint density at radius 2 is 2.67 bits per heavy atom. The second kappa shape index (κ2) is 4.10. The molecule has 12 heavy (non-hydrogen) atoms. The highest BCUT2D eigenvalue weighted by atomic mass is 32.2. The van der Waals surface area contributed by atoms with Crippen LogP contribution in [0, 0.1) is 5.92 Å². The van der Waals surface area contributed by atoms with Crippen molar-refractivity contribution in [2.45, 2.75) is 12.1 Å². The summed E-state index contributed by atoms with van der Waals surface area (Å²) in [5, 5.41) is 15.5. The molecule has 1 rings (SSSR count). The Balaban J connectivity index is 2.31. The van der Waals surface area contributed by atoms with Crippen molar-refractivity contribution < 1.29 is 9.90 Å². The Morgan fingerprint density at radius 3 is 3.17 bits per heavy atom. The lowest BCUT2D eigenvalue weighted by Crippen LogP contribution is -2.11. The van der Waals surface area contributed by atoms with Crippen LogP contribution in [0.1, 0.15) is 6.92 Å². The minimum Gasteiger partial charge on any atom is -0.481 e. The van der Waals surface area contributed by atoms with Crippen LogP contribution in [0.25, 0.3) is 0 Å². The molecule has 0 spiro atoms. The summed E-state index contributed by atoms with van der Waals surface area (Å²) in [6, 6.07) is 0. The molecule has 66 valence electrons. The Kier molecular flexibility index (Phi) is 3.09. The van der Waals surface area contributed by atoms with Crippen LogP contribution in [0.15, 0.2) is 11.5 Å². The number of nitrogens with zero attached hydrogens (tertiary/aromatic N) is 2. The maximum atomic E-state index is 10.4. The predicted octanol–water partition coefficient (Wildman–Crippen LogP) is 0.617. The molecule has 0 saturated heterocycles. The number of aromatic amines is 1. The first kappa shape index (κ1) is 9.05. The highest BCUT2D eigenvalue weighted by molar-refractivity contribution is 7.99. The van der Waals surface area contributed by atoms with Crippen LogP contribution in [0.2, 0.25) is 0 Å². The van der Waals surface area contributed by atoms with Gasteiger partial charge in [0.2, 0.25) is 0 Å². The topological polar surface area (TPSA) is 78.9 Å². The van der Waals surface area contributed by atoms with E-state index in [1.165, 1.54) is 18.1 Å². The van der Waals surface area contributed by atoms with Crippen LogP contribution >= 0.6 is 11.8 Å². The van der Waals surface area contributed by atoms with Crippen molar-refractivity contribution in [2.24, 2.45) is 5.92 Å². The summed E-state index contributed by atoms with van der Waals surface area (Å²) in [6.07, 6.45) is 1.40. The smallest absolute Gasteiger partial charge is 0.307 e. The average molecular weight is 187 g/mol. The van der Waals surface area contributed by atoms with Gasteiger partial charge in [0, 0.05) is 5.75 Å². The second-order valence-corrected chi connectivity index (χ2v) is 3.35. The number of rotatable bonds is 4. The summed E-state index contributed by atoms with van der Waals surface area (Å²) in [5.74, 6) is -0.646. The second-order valence-electron chi connectivity index (χ2n) is 2.34. The highest BCUT2D eigenvalue weighted by Gasteiger charge is 2.11. The Bertz CT molecular complexity index is 249. The summed E-state index contributed by atoms with van der Waals surface area (Å²) in [5.41, 5.74) is 0. The molecular formula is C6H9N3O2S. The zero-order chi connectivity index (χ0) is 8.97. The molecule has 0 saturated carbocycles. The fourth-order valence-corrected chi connectivity index (χ4v) is 1.33. The molecule has 0 aromatic carbocycles. The zero-order valence-corrected chi connectivity index (χ0v) is 7.34. The van der Waals surface area contributed by atoms with E-state index in [0.29, 0.717) is 10.9 Å². The maximum absolute atomic E-state index is 10.4. The molecule has 5 nitrogen and oxygen atoms in total. The molecular weight excluding hydrogens is 178 g/mol. The number of aliphatic carboxylic acids is 1. The molecule has 2 N–H and O–H groups in total. The van der Waals surface area contributed by atoms with Crippen molar-refractivity contribution in [1.29, 1.82) is 0 Å². The number of aromatic nitrogens is 3. The summed E-state index contributed by atoms with van der Waals surface area (Å²) in [6.45, 7) is 1.66. The van der Waals surface area contributed by atoms with Gasteiger partial charge in [-0.3, -0.25) is 9.89 Å². The van der Waals surface area contributed by atoms with Crippen LogP contribution in [0.4, 0.5) is 0 Å². The van der Waals surface area contributed by atoms with Gasteiger partial charge in [0.1, 0.15) is 6.33 Å². The van der Waals surface area contributed by atoms with E-state index in [1.54, 1.807) is 6.92 Å². The SMILES string of the molecule is CC(CSc1ncn[nH]1)C(=O)O. The van der Waals surface area contributed by atoms with Gasteiger partial charge in [0.25, 0.3) is 0 Å². The Labute approximate surface area is 73.6 Å². The molecule has 0 aliphatic rings. The quantitative estimate of drug-likeness (QED) is 0.675. The molecule has 6 heteroatoms. The summed E-state index contributed by atoms with van der Waals surface area (Å²) in [7, 11) is 0. The van der Waals surface area contributed by atoms with Gasteiger partial charge in [0.05, 0.1) is 5.92 Å². The van der Waals surface area contributed by atoms with Crippen LogP contribution in [-0.2, 0) is 4.79 Å². The van der Waals surface area contributed by atoms with Crippen molar-refractivity contribution in [3.63, 3.8) is 0 Å². The molecule has 1 atom stereocenters. The van der Waals surface area contributed by atoms with Crippen LogP contribution in [0.3, 0.4) is 0 Å². The number of carboxylic acids is 1. The molecule has 0 amide bonds. The Hall–Kier alpha value is -1.04. The molecule has 0 radical (unpaired) electrons. The van der Waals surface area contributed by atoms with Gasteiger partial charge in [-0.15, -0.1) is 0 Å². The predicted molar refractivity (Wildman–Crippen MR) is 43.9 cm³/mol. The lowest BCUT2D eigenvalue weighted by Gasteiger charge is -2.01. The first-order chi connectivity index (χ1) is 5.70. The zero-order valence-electron chi connectivity index (χ0n) is 6.52. The Morgan fingerprint density at radius 1 is 1.92 bits per heavy atom. The molecule has 0 bridgehead atoms. The van der Waals surface area contributed by atoms with E-state index in [4.69, 9.17) is 5.11 Å². The van der Waals surface area contributed by atoms with E-state index >= 15 is 0 Å². The summed E-state index contributed by atoms with van der Waals surface area (Å²) >= 11 is 1.35. The first-order valence-corrected chi connectivity index (χ1v) is 4.39. The summed E-state index contributed by atoms with van der Waals surface area (Å²) in [4.78, 5) is 14.3. The van der Waals surface area contributed by atoms with E-state index in [1.807, 2.05) is 0 Å². The third-order valence-corrected chi connectivity index (χ3v) is 2.42. The van der Waals surface area contributed by atoms with Crippen molar-refractivity contribution in [1.82, 2.24) is 15.2 Å². The maximum Gasteiger partial charge on any atom is 0.307 e. The first-order valence-electron chi connectivity index (χ1n) is 3.41. The number of carboxylic acid groups (broad SMARTS) is 1. The largest absolute Gasteiger partial charge is 0.481 e. The third-order valence-electron chi connectivity index (χ3n) is 1.28.